The molecule has 1 aromatic carbocycles. The molecular formula is C20H24FN3O. The number of carbonyl (C=O) groups excluding carboxylic acids is 1. The fourth-order valence-electron chi connectivity index (χ4n) is 4.50. The Kier molecular flexibility index (Phi) is 4.32. The molecule has 25 heavy (non-hydrogen) atoms. The second-order valence-corrected chi connectivity index (χ2v) is 7.56. The first-order valence-corrected chi connectivity index (χ1v) is 9.24. The highest BCUT2D eigenvalue weighted by atomic mass is 19.1. The Balaban J connectivity index is 1.53. The van der Waals surface area contributed by atoms with E-state index in [1.807, 2.05) is 0 Å². The molecule has 1 aliphatic heterocycles. The first-order valence-electron chi connectivity index (χ1n) is 9.24. The Morgan fingerprint density at radius 2 is 2.04 bits per heavy atom. The standard InChI is InChI=1S/C20H24FN3O/c1-13-4-9-19-15(11-13)3-2-10-24(19)20(25)18-12-17(22-23-18)14-5-7-16(21)8-6-14/h5-8,12-13,15,19H,2-4,9-11H2,1H3,(H,22,23)/t13-,15+,19-/m1/s1. The van der Waals surface area contributed by atoms with E-state index in [-0.39, 0.29) is 11.7 Å². The Morgan fingerprint density at radius 1 is 1.24 bits per heavy atom. The topological polar surface area (TPSA) is 49.0 Å². The Morgan fingerprint density at radius 3 is 2.84 bits per heavy atom. The van der Waals surface area contributed by atoms with Gasteiger partial charge in [0.15, 0.2) is 0 Å². The summed E-state index contributed by atoms with van der Waals surface area (Å²) in [6.07, 6.45) is 5.87. The predicted octanol–water partition coefficient (Wildman–Crippen LogP) is 4.26. The van der Waals surface area contributed by atoms with Gasteiger partial charge in [-0.3, -0.25) is 9.89 Å². The predicted molar refractivity (Wildman–Crippen MR) is 94.5 cm³/mol. The van der Waals surface area contributed by atoms with Crippen molar-refractivity contribution in [2.24, 2.45) is 11.8 Å². The number of nitrogens with zero attached hydrogens (tertiary/aromatic N) is 2. The lowest BCUT2D eigenvalue weighted by molar-refractivity contribution is 0.0317. The lowest BCUT2D eigenvalue weighted by Gasteiger charge is -2.45. The van der Waals surface area contributed by atoms with Crippen LogP contribution in [0.5, 0.6) is 0 Å². The van der Waals surface area contributed by atoms with Gasteiger partial charge in [-0.1, -0.05) is 6.92 Å². The largest absolute Gasteiger partial charge is 0.334 e. The van der Waals surface area contributed by atoms with Gasteiger partial charge < -0.3 is 4.90 Å². The molecule has 2 fully saturated rings. The molecule has 2 aromatic rings. The van der Waals surface area contributed by atoms with Gasteiger partial charge in [0.2, 0.25) is 0 Å². The zero-order valence-corrected chi connectivity index (χ0v) is 14.5. The third kappa shape index (κ3) is 3.20. The van der Waals surface area contributed by atoms with Gasteiger partial charge in [0, 0.05) is 18.2 Å². The number of hydrogen-bond donors (Lipinski definition) is 1. The summed E-state index contributed by atoms with van der Waals surface area (Å²) in [5.41, 5.74) is 2.01. The number of fused-ring (bicyclic) bond motifs is 1. The minimum Gasteiger partial charge on any atom is -0.334 e. The van der Waals surface area contributed by atoms with E-state index in [1.165, 1.54) is 31.4 Å². The molecule has 0 spiro atoms. The van der Waals surface area contributed by atoms with Crippen molar-refractivity contribution in [1.29, 1.82) is 0 Å². The van der Waals surface area contributed by atoms with Crippen LogP contribution in [0.15, 0.2) is 30.3 Å². The minimum atomic E-state index is -0.276. The van der Waals surface area contributed by atoms with Crippen molar-refractivity contribution in [2.45, 2.75) is 45.1 Å². The van der Waals surface area contributed by atoms with Crippen LogP contribution in [0.25, 0.3) is 11.3 Å². The second-order valence-electron chi connectivity index (χ2n) is 7.56. The Hall–Kier alpha value is -2.17. The molecule has 1 N–H and O–H groups in total. The van der Waals surface area contributed by atoms with E-state index in [2.05, 4.69) is 22.0 Å². The number of hydrogen-bond acceptors (Lipinski definition) is 2. The number of piperidine rings is 1. The third-order valence-corrected chi connectivity index (χ3v) is 5.79. The van der Waals surface area contributed by atoms with Crippen molar-refractivity contribution >= 4 is 5.91 Å². The summed E-state index contributed by atoms with van der Waals surface area (Å²) in [4.78, 5) is 15.1. The molecule has 4 nitrogen and oxygen atoms in total. The van der Waals surface area contributed by atoms with Gasteiger partial charge in [0.1, 0.15) is 11.5 Å². The van der Waals surface area contributed by atoms with Crippen LogP contribution in [0.1, 0.15) is 49.5 Å². The number of halogens is 1. The average Bonchev–Trinajstić information content (AvgIpc) is 3.11. The van der Waals surface area contributed by atoms with Crippen LogP contribution in [0.3, 0.4) is 0 Å². The molecule has 1 amide bonds. The van der Waals surface area contributed by atoms with E-state index in [4.69, 9.17) is 0 Å². The van der Waals surface area contributed by atoms with Crippen molar-refractivity contribution in [3.05, 3.63) is 41.8 Å². The number of carbonyl (C=O) groups is 1. The molecule has 3 atom stereocenters. The van der Waals surface area contributed by atoms with Gasteiger partial charge >= 0.3 is 0 Å². The van der Waals surface area contributed by atoms with Crippen LogP contribution >= 0.6 is 0 Å². The van der Waals surface area contributed by atoms with Gasteiger partial charge in [0.05, 0.1) is 5.69 Å². The maximum absolute atomic E-state index is 13.1. The lowest BCUT2D eigenvalue weighted by Crippen LogP contribution is -2.50. The van der Waals surface area contributed by atoms with E-state index in [0.29, 0.717) is 23.3 Å². The summed E-state index contributed by atoms with van der Waals surface area (Å²) >= 11 is 0. The number of likely N-dealkylation sites (tertiary alicyclic amines) is 1. The van der Waals surface area contributed by atoms with Gasteiger partial charge in [-0.2, -0.15) is 5.10 Å². The summed E-state index contributed by atoms with van der Waals surface area (Å²) in [6, 6.07) is 8.33. The number of H-pyrrole nitrogens is 1. The van der Waals surface area contributed by atoms with E-state index < -0.39 is 0 Å². The summed E-state index contributed by atoms with van der Waals surface area (Å²) in [5, 5.41) is 7.14. The SMILES string of the molecule is C[C@@H]1CC[C@@H]2[C@@H](CCCN2C(=O)c2cc(-c3ccc(F)cc3)n[nH]2)C1. The smallest absolute Gasteiger partial charge is 0.272 e. The number of aromatic nitrogens is 2. The molecule has 1 aromatic heterocycles. The molecule has 0 bridgehead atoms. The molecule has 1 aliphatic carbocycles. The Bertz CT molecular complexity index is 755. The van der Waals surface area contributed by atoms with Gasteiger partial charge in [-0.05, 0) is 74.3 Å². The monoisotopic (exact) mass is 341 g/mol. The molecule has 1 saturated heterocycles. The molecular weight excluding hydrogens is 317 g/mol. The minimum absolute atomic E-state index is 0.0464. The third-order valence-electron chi connectivity index (χ3n) is 5.79. The number of aromatic amines is 1. The summed E-state index contributed by atoms with van der Waals surface area (Å²) in [5.74, 6) is 1.18. The van der Waals surface area contributed by atoms with Crippen molar-refractivity contribution in [1.82, 2.24) is 15.1 Å². The molecule has 132 valence electrons. The summed E-state index contributed by atoms with van der Waals surface area (Å²) in [7, 11) is 0. The van der Waals surface area contributed by atoms with Crippen LogP contribution < -0.4 is 0 Å². The van der Waals surface area contributed by atoms with E-state index in [0.717, 1.165) is 30.9 Å². The van der Waals surface area contributed by atoms with Crippen LogP contribution in [-0.4, -0.2) is 33.6 Å². The van der Waals surface area contributed by atoms with Crippen LogP contribution in [0.2, 0.25) is 0 Å². The average molecular weight is 341 g/mol. The van der Waals surface area contributed by atoms with Crippen LogP contribution in [-0.2, 0) is 0 Å². The van der Waals surface area contributed by atoms with Crippen LogP contribution in [0, 0.1) is 17.7 Å². The summed E-state index contributed by atoms with van der Waals surface area (Å²) < 4.78 is 13.1. The molecule has 0 radical (unpaired) electrons. The second kappa shape index (κ2) is 6.62. The number of nitrogens with one attached hydrogen (secondary N) is 1. The number of amides is 1. The zero-order valence-electron chi connectivity index (χ0n) is 14.5. The maximum atomic E-state index is 13.1. The van der Waals surface area contributed by atoms with Crippen molar-refractivity contribution < 1.29 is 9.18 Å². The van der Waals surface area contributed by atoms with Gasteiger partial charge in [-0.15, -0.1) is 0 Å². The first kappa shape index (κ1) is 16.3. The molecule has 2 heterocycles. The fraction of sp³-hybridized carbons (Fsp3) is 0.500. The first-order chi connectivity index (χ1) is 12.1. The molecule has 0 unspecified atom stereocenters. The molecule has 5 heteroatoms. The Labute approximate surface area is 147 Å². The van der Waals surface area contributed by atoms with E-state index in [9.17, 15) is 9.18 Å². The van der Waals surface area contributed by atoms with E-state index >= 15 is 0 Å². The summed E-state index contributed by atoms with van der Waals surface area (Å²) in [6.45, 7) is 3.15. The highest BCUT2D eigenvalue weighted by molar-refractivity contribution is 5.93. The quantitative estimate of drug-likeness (QED) is 0.887. The highest BCUT2D eigenvalue weighted by Crippen LogP contribution is 2.38. The highest BCUT2D eigenvalue weighted by Gasteiger charge is 2.38. The van der Waals surface area contributed by atoms with Crippen molar-refractivity contribution in [2.75, 3.05) is 6.54 Å². The molecule has 4 rings (SSSR count). The normalized spacial score (nSPS) is 26.3. The van der Waals surface area contributed by atoms with Crippen LogP contribution in [0.4, 0.5) is 4.39 Å². The molecule has 2 aliphatic rings. The maximum Gasteiger partial charge on any atom is 0.272 e. The fourth-order valence-corrected chi connectivity index (χ4v) is 4.50. The zero-order chi connectivity index (χ0) is 17.4. The van der Waals surface area contributed by atoms with Crippen molar-refractivity contribution in [3.8, 4) is 11.3 Å². The van der Waals surface area contributed by atoms with Gasteiger partial charge in [-0.25, -0.2) is 4.39 Å². The van der Waals surface area contributed by atoms with E-state index in [1.54, 1.807) is 18.2 Å². The van der Waals surface area contributed by atoms with Crippen molar-refractivity contribution in [3.63, 3.8) is 0 Å². The number of benzene rings is 1. The van der Waals surface area contributed by atoms with Gasteiger partial charge in [0.25, 0.3) is 5.91 Å². The molecule has 1 saturated carbocycles. The number of rotatable bonds is 2. The lowest BCUT2D eigenvalue weighted by atomic mass is 9.74.